The Balaban J connectivity index is 1.57. The molecule has 3 nitrogen and oxygen atoms in total. The van der Waals surface area contributed by atoms with Crippen molar-refractivity contribution in [1.29, 1.82) is 5.26 Å². The Morgan fingerprint density at radius 2 is 1.32 bits per heavy atom. The predicted molar refractivity (Wildman–Crippen MR) is 168 cm³/mol. The van der Waals surface area contributed by atoms with E-state index in [1.54, 1.807) is 0 Å². The number of aryl methyl sites for hydroxylation is 4. The lowest BCUT2D eigenvalue weighted by atomic mass is 9.96. The summed E-state index contributed by atoms with van der Waals surface area (Å²) in [6.07, 6.45) is 2.17. The normalized spacial score (nSPS) is 11.7. The van der Waals surface area contributed by atoms with Crippen LogP contribution in [-0.2, 0) is 7.05 Å². The van der Waals surface area contributed by atoms with Gasteiger partial charge >= 0.3 is 0 Å². The molecule has 0 bridgehead atoms. The molecule has 0 N–H and O–H groups in total. The fourth-order valence-electron chi connectivity index (χ4n) is 5.91. The summed E-state index contributed by atoms with van der Waals surface area (Å²) >= 11 is 0. The molecule has 0 aliphatic heterocycles. The van der Waals surface area contributed by atoms with Crippen LogP contribution in [-0.4, -0.2) is 8.07 Å². The van der Waals surface area contributed by atoms with Gasteiger partial charge in [0.25, 0.3) is 0 Å². The highest BCUT2D eigenvalue weighted by Crippen LogP contribution is 2.42. The number of benzene rings is 4. The summed E-state index contributed by atoms with van der Waals surface area (Å²) in [5.41, 5.74) is 9.96. The van der Waals surface area contributed by atoms with Gasteiger partial charge in [0.1, 0.15) is 26.3 Å². The number of hydrogen-bond donors (Lipinski definition) is 0. The molecule has 0 radical (unpaired) electrons. The van der Waals surface area contributed by atoms with Crippen LogP contribution in [0.5, 0.6) is 0 Å². The molecule has 0 fully saturated rings. The summed E-state index contributed by atoms with van der Waals surface area (Å²) < 4.78 is 8.96. The quantitative estimate of drug-likeness (QED) is 0.174. The van der Waals surface area contributed by atoms with E-state index >= 15 is 0 Å². The van der Waals surface area contributed by atoms with E-state index in [-0.39, 0.29) is 0 Å². The third-order valence-electron chi connectivity index (χ3n) is 8.53. The number of fused-ring (bicyclic) bond motifs is 3. The smallest absolute Gasteiger partial charge is 0.216 e. The molecule has 4 aromatic carbocycles. The molecular formula is C36H33N2OSi+. The van der Waals surface area contributed by atoms with Crippen LogP contribution >= 0.6 is 0 Å². The van der Waals surface area contributed by atoms with Gasteiger partial charge in [-0.05, 0) is 49.6 Å². The van der Waals surface area contributed by atoms with Crippen molar-refractivity contribution >= 4 is 40.4 Å². The van der Waals surface area contributed by atoms with Crippen LogP contribution in [0.25, 0.3) is 44.3 Å². The van der Waals surface area contributed by atoms with Crippen molar-refractivity contribution in [1.82, 2.24) is 0 Å². The van der Waals surface area contributed by atoms with Crippen molar-refractivity contribution in [2.75, 3.05) is 0 Å². The van der Waals surface area contributed by atoms with Gasteiger partial charge in [-0.2, -0.15) is 5.26 Å². The van der Waals surface area contributed by atoms with Gasteiger partial charge in [0, 0.05) is 28.0 Å². The summed E-state index contributed by atoms with van der Waals surface area (Å²) in [5.74, 6) is 0. The fourth-order valence-corrected chi connectivity index (χ4v) is 8.27. The van der Waals surface area contributed by atoms with E-state index in [4.69, 9.17) is 4.42 Å². The van der Waals surface area contributed by atoms with Gasteiger partial charge in [0.2, 0.25) is 5.69 Å². The summed E-state index contributed by atoms with van der Waals surface area (Å²) in [6, 6.07) is 32.5. The topological polar surface area (TPSA) is 40.8 Å². The van der Waals surface area contributed by atoms with E-state index in [0.717, 1.165) is 49.9 Å². The van der Waals surface area contributed by atoms with Crippen molar-refractivity contribution in [3.63, 3.8) is 0 Å². The molecule has 0 aliphatic carbocycles. The summed E-state index contributed by atoms with van der Waals surface area (Å²) in [6.45, 7) is 11.2. The number of rotatable bonds is 4. The van der Waals surface area contributed by atoms with Crippen LogP contribution in [0, 0.1) is 32.1 Å². The SMILES string of the molecule is Cc1cc(-c2c(C)ccc3c2oc2c(-c4ccc([Si](C)(C)c5ccccc5)cc4)c(C#N)ccc23)[n+](C)cc1C. The van der Waals surface area contributed by atoms with Crippen LogP contribution in [0.3, 0.4) is 0 Å². The second kappa shape index (κ2) is 9.62. The van der Waals surface area contributed by atoms with Crippen LogP contribution < -0.4 is 14.9 Å². The highest BCUT2D eigenvalue weighted by Gasteiger charge is 2.27. The minimum atomic E-state index is -1.84. The second-order valence-electron chi connectivity index (χ2n) is 11.4. The maximum Gasteiger partial charge on any atom is 0.216 e. The third kappa shape index (κ3) is 4.06. The monoisotopic (exact) mass is 537 g/mol. The highest BCUT2D eigenvalue weighted by atomic mass is 28.3. The molecule has 0 amide bonds. The standard InChI is InChI=1S/C36H33N2OSi/c1-23-12-18-30-31-19-15-27(21-37)34(26-13-16-29(17-14-26)40(5,6)28-10-8-7-9-11-28)36(31)39-35(30)33(23)32-20-24(2)25(3)22-38(32)4/h7-20,22H,1-6H3/q+1. The lowest BCUT2D eigenvalue weighted by Gasteiger charge is -2.24. The summed E-state index contributed by atoms with van der Waals surface area (Å²) in [4.78, 5) is 0. The van der Waals surface area contributed by atoms with E-state index in [9.17, 15) is 5.26 Å². The van der Waals surface area contributed by atoms with E-state index < -0.39 is 8.07 Å². The largest absolute Gasteiger partial charge is 0.454 e. The van der Waals surface area contributed by atoms with Crippen molar-refractivity contribution in [3.8, 4) is 28.5 Å². The molecule has 0 saturated carbocycles. The average molecular weight is 538 g/mol. The van der Waals surface area contributed by atoms with Crippen LogP contribution in [0.15, 0.2) is 95.5 Å². The molecule has 0 unspecified atom stereocenters. The van der Waals surface area contributed by atoms with Crippen molar-refractivity contribution in [2.45, 2.75) is 33.9 Å². The van der Waals surface area contributed by atoms with E-state index in [2.05, 4.69) is 131 Å². The Hall–Kier alpha value is -4.46. The van der Waals surface area contributed by atoms with Gasteiger partial charge in [0.05, 0.1) is 17.2 Å². The van der Waals surface area contributed by atoms with Crippen molar-refractivity contribution < 1.29 is 8.98 Å². The van der Waals surface area contributed by atoms with Gasteiger partial charge in [-0.3, -0.25) is 0 Å². The van der Waals surface area contributed by atoms with E-state index in [1.807, 2.05) is 12.1 Å². The number of hydrogen-bond acceptors (Lipinski definition) is 2. The molecule has 0 saturated heterocycles. The Bertz CT molecular complexity index is 1960. The molecule has 196 valence electrons. The molecule has 4 heteroatoms. The molecule has 0 atom stereocenters. The third-order valence-corrected chi connectivity index (χ3v) is 12.1. The fraction of sp³-hybridized carbons (Fsp3) is 0.167. The van der Waals surface area contributed by atoms with Gasteiger partial charge in [-0.25, -0.2) is 4.57 Å². The number of nitriles is 1. The average Bonchev–Trinajstić information content (AvgIpc) is 3.33. The zero-order valence-electron chi connectivity index (χ0n) is 24.0. The predicted octanol–water partition coefficient (Wildman–Crippen LogP) is 7.36. The molecule has 40 heavy (non-hydrogen) atoms. The Morgan fingerprint density at radius 1 is 0.700 bits per heavy atom. The van der Waals surface area contributed by atoms with Crippen LogP contribution in [0.1, 0.15) is 22.3 Å². The van der Waals surface area contributed by atoms with E-state index in [0.29, 0.717) is 5.56 Å². The molecule has 6 aromatic rings. The van der Waals surface area contributed by atoms with Crippen LogP contribution in [0.2, 0.25) is 13.1 Å². The zero-order chi connectivity index (χ0) is 28.2. The first-order valence-corrected chi connectivity index (χ1v) is 16.7. The van der Waals surface area contributed by atoms with E-state index in [1.165, 1.54) is 21.5 Å². The second-order valence-corrected chi connectivity index (χ2v) is 15.8. The lowest BCUT2D eigenvalue weighted by molar-refractivity contribution is -0.660. The molecule has 2 heterocycles. The molecule has 0 aliphatic rings. The van der Waals surface area contributed by atoms with Gasteiger partial charge in [-0.1, -0.05) is 90.2 Å². The summed E-state index contributed by atoms with van der Waals surface area (Å²) in [7, 11) is 0.249. The minimum Gasteiger partial charge on any atom is -0.454 e. The number of aromatic nitrogens is 1. The first-order chi connectivity index (χ1) is 19.2. The summed E-state index contributed by atoms with van der Waals surface area (Å²) in [5, 5.41) is 15.0. The number of pyridine rings is 1. The van der Waals surface area contributed by atoms with Crippen LogP contribution in [0.4, 0.5) is 0 Å². The lowest BCUT2D eigenvalue weighted by Crippen LogP contribution is -2.52. The zero-order valence-corrected chi connectivity index (χ0v) is 25.0. The molecular weight excluding hydrogens is 504 g/mol. The van der Waals surface area contributed by atoms with Gasteiger partial charge in [-0.15, -0.1) is 0 Å². The van der Waals surface area contributed by atoms with Crippen molar-refractivity contribution in [3.05, 3.63) is 113 Å². The van der Waals surface area contributed by atoms with Gasteiger partial charge < -0.3 is 4.42 Å². The Labute approximate surface area is 237 Å². The Morgan fingerprint density at radius 3 is 2.00 bits per heavy atom. The Kier molecular flexibility index (Phi) is 6.21. The number of nitrogens with zero attached hydrogens (tertiary/aromatic N) is 2. The minimum absolute atomic E-state index is 0.619. The molecule has 6 rings (SSSR count). The number of furan rings is 1. The van der Waals surface area contributed by atoms with Gasteiger partial charge in [0.15, 0.2) is 6.20 Å². The first kappa shape index (κ1) is 25.8. The maximum absolute atomic E-state index is 10.1. The first-order valence-electron chi connectivity index (χ1n) is 13.7. The molecule has 2 aromatic heterocycles. The van der Waals surface area contributed by atoms with Crippen molar-refractivity contribution in [2.24, 2.45) is 7.05 Å². The maximum atomic E-state index is 10.1. The molecule has 0 spiro atoms. The highest BCUT2D eigenvalue weighted by molar-refractivity contribution is 7.00.